The lowest BCUT2D eigenvalue weighted by molar-refractivity contribution is -0.141. The minimum absolute atomic E-state index is 0.00843. The normalized spacial score (nSPS) is 12.2. The summed E-state index contributed by atoms with van der Waals surface area (Å²) in [5, 5.41) is 2.91. The molecule has 2 amide bonds. The Balaban J connectivity index is 1.99. The lowest BCUT2D eigenvalue weighted by atomic mass is 10.0. The number of unbranched alkanes of at least 4 members (excludes halogenated alkanes) is 1. The van der Waals surface area contributed by atoms with Crippen molar-refractivity contribution in [3.63, 3.8) is 0 Å². The van der Waals surface area contributed by atoms with Crippen molar-refractivity contribution in [1.29, 1.82) is 0 Å². The molecule has 0 spiro atoms. The fraction of sp³-hybridized carbons (Fsp3) is 0.310. The Morgan fingerprint density at radius 1 is 0.868 bits per heavy atom. The summed E-state index contributed by atoms with van der Waals surface area (Å²) in [6.45, 7) is 2.00. The van der Waals surface area contributed by atoms with Gasteiger partial charge in [0.05, 0.1) is 12.8 Å². The van der Waals surface area contributed by atoms with Gasteiger partial charge >= 0.3 is 0 Å². The number of carbonyl (C=O) groups is 2. The molecule has 0 radical (unpaired) electrons. The van der Waals surface area contributed by atoms with E-state index in [-0.39, 0.29) is 19.0 Å². The van der Waals surface area contributed by atoms with Crippen molar-refractivity contribution < 1.29 is 22.4 Å². The largest absolute Gasteiger partial charge is 0.354 e. The molecule has 0 aliphatic heterocycles. The molecular formula is C29H34FN3O4S. The highest BCUT2D eigenvalue weighted by atomic mass is 32.2. The van der Waals surface area contributed by atoms with Crippen LogP contribution in [-0.2, 0) is 32.7 Å². The molecule has 38 heavy (non-hydrogen) atoms. The Labute approximate surface area is 224 Å². The van der Waals surface area contributed by atoms with Gasteiger partial charge < -0.3 is 10.2 Å². The van der Waals surface area contributed by atoms with Gasteiger partial charge in [0.1, 0.15) is 11.9 Å². The average molecular weight is 540 g/mol. The summed E-state index contributed by atoms with van der Waals surface area (Å²) >= 11 is 0. The van der Waals surface area contributed by atoms with E-state index in [1.807, 2.05) is 19.1 Å². The van der Waals surface area contributed by atoms with Crippen molar-refractivity contribution in [2.45, 2.75) is 38.9 Å². The lowest BCUT2D eigenvalue weighted by Gasteiger charge is -2.33. The van der Waals surface area contributed by atoms with Crippen LogP contribution in [0.15, 0.2) is 84.9 Å². The minimum Gasteiger partial charge on any atom is -0.354 e. The molecule has 3 aromatic carbocycles. The second-order valence-corrected chi connectivity index (χ2v) is 11.1. The summed E-state index contributed by atoms with van der Waals surface area (Å²) in [5.41, 5.74) is 1.93. The van der Waals surface area contributed by atoms with E-state index in [0.29, 0.717) is 17.7 Å². The highest BCUT2D eigenvalue weighted by Gasteiger charge is 2.33. The third-order valence-corrected chi connectivity index (χ3v) is 7.27. The summed E-state index contributed by atoms with van der Waals surface area (Å²) in [7, 11) is -3.76. The van der Waals surface area contributed by atoms with Gasteiger partial charge in [0.15, 0.2) is 0 Å². The summed E-state index contributed by atoms with van der Waals surface area (Å²) in [4.78, 5) is 28.7. The second kappa shape index (κ2) is 13.8. The van der Waals surface area contributed by atoms with E-state index in [4.69, 9.17) is 0 Å². The summed E-state index contributed by atoms with van der Waals surface area (Å²) in [5.74, 6) is -1.33. The van der Waals surface area contributed by atoms with Gasteiger partial charge in [-0.15, -0.1) is 0 Å². The van der Waals surface area contributed by atoms with Crippen molar-refractivity contribution >= 4 is 21.8 Å². The maximum atomic E-state index is 13.9. The van der Waals surface area contributed by atoms with E-state index in [2.05, 4.69) is 5.32 Å². The van der Waals surface area contributed by atoms with Crippen LogP contribution < -0.4 is 5.32 Å². The molecule has 9 heteroatoms. The number of benzene rings is 3. The molecular weight excluding hydrogens is 505 g/mol. The first-order valence-electron chi connectivity index (χ1n) is 12.5. The Morgan fingerprint density at radius 3 is 2.03 bits per heavy atom. The predicted octanol–water partition coefficient (Wildman–Crippen LogP) is 4.27. The number of sulfonamides is 1. The third kappa shape index (κ3) is 8.49. The maximum Gasteiger partial charge on any atom is 0.247 e. The van der Waals surface area contributed by atoms with Gasteiger partial charge in [-0.2, -0.15) is 4.31 Å². The number of hydrogen-bond donors (Lipinski definition) is 1. The number of rotatable bonds is 13. The predicted molar refractivity (Wildman–Crippen MR) is 146 cm³/mol. The number of nitrogens with one attached hydrogen (secondary N) is 1. The Bertz CT molecular complexity index is 1290. The van der Waals surface area contributed by atoms with E-state index in [0.717, 1.165) is 29.0 Å². The highest BCUT2D eigenvalue weighted by Crippen LogP contribution is 2.25. The molecule has 0 unspecified atom stereocenters. The van der Waals surface area contributed by atoms with Crippen molar-refractivity contribution in [2.75, 3.05) is 19.3 Å². The number of hydrogen-bond acceptors (Lipinski definition) is 4. The van der Waals surface area contributed by atoms with Crippen LogP contribution in [0.3, 0.4) is 0 Å². The third-order valence-electron chi connectivity index (χ3n) is 6.07. The van der Waals surface area contributed by atoms with E-state index >= 15 is 0 Å². The quantitative estimate of drug-likeness (QED) is 0.329. The zero-order valence-electron chi connectivity index (χ0n) is 21.7. The molecule has 202 valence electrons. The van der Waals surface area contributed by atoms with Crippen molar-refractivity contribution in [1.82, 2.24) is 14.5 Å². The smallest absolute Gasteiger partial charge is 0.247 e. The molecule has 0 fully saturated rings. The van der Waals surface area contributed by atoms with E-state index in [1.165, 1.54) is 17.0 Å². The van der Waals surface area contributed by atoms with E-state index < -0.39 is 34.3 Å². The van der Waals surface area contributed by atoms with Crippen LogP contribution in [0.25, 0.3) is 0 Å². The van der Waals surface area contributed by atoms with Crippen LogP contribution >= 0.6 is 0 Å². The number of halogens is 1. The maximum absolute atomic E-state index is 13.9. The monoisotopic (exact) mass is 539 g/mol. The number of carbonyl (C=O) groups excluding carboxylic acids is 2. The van der Waals surface area contributed by atoms with Crippen LogP contribution in [0.5, 0.6) is 0 Å². The molecule has 1 N–H and O–H groups in total. The Hall–Kier alpha value is -3.56. The van der Waals surface area contributed by atoms with E-state index in [1.54, 1.807) is 60.7 Å². The fourth-order valence-electron chi connectivity index (χ4n) is 4.02. The van der Waals surface area contributed by atoms with Crippen LogP contribution in [0.1, 0.15) is 42.5 Å². The first-order chi connectivity index (χ1) is 18.2. The molecule has 7 nitrogen and oxygen atoms in total. The molecule has 0 aliphatic rings. The first-order valence-corrected chi connectivity index (χ1v) is 14.4. The van der Waals surface area contributed by atoms with Crippen molar-refractivity contribution in [3.8, 4) is 0 Å². The molecule has 0 heterocycles. The Morgan fingerprint density at radius 2 is 1.45 bits per heavy atom. The zero-order valence-corrected chi connectivity index (χ0v) is 22.5. The van der Waals surface area contributed by atoms with Gasteiger partial charge in [0.2, 0.25) is 21.8 Å². The first kappa shape index (κ1) is 29.0. The van der Waals surface area contributed by atoms with Crippen LogP contribution in [-0.4, -0.2) is 48.8 Å². The molecule has 3 aromatic rings. The SMILES string of the molecule is CCCCNC(=O)[C@@H](c1ccccc1)N(Cc1ccc(F)cc1)C(=O)CN(Cc1ccccc1)S(C)(=O)=O. The van der Waals surface area contributed by atoms with E-state index in [9.17, 15) is 22.4 Å². The van der Waals surface area contributed by atoms with Gasteiger partial charge in [-0.3, -0.25) is 9.59 Å². The van der Waals surface area contributed by atoms with Gasteiger partial charge in [0, 0.05) is 19.6 Å². The van der Waals surface area contributed by atoms with Gasteiger partial charge in [0.25, 0.3) is 0 Å². The van der Waals surface area contributed by atoms with Crippen molar-refractivity contribution in [2.24, 2.45) is 0 Å². The summed E-state index contributed by atoms with van der Waals surface area (Å²) < 4.78 is 40.0. The molecule has 0 aromatic heterocycles. The molecule has 0 aliphatic carbocycles. The van der Waals surface area contributed by atoms with Crippen LogP contribution in [0.2, 0.25) is 0 Å². The standard InChI is InChI=1S/C29H34FN3O4S/c1-3-4-19-31-29(35)28(25-13-9-6-10-14-25)33(21-24-15-17-26(30)18-16-24)27(34)22-32(38(2,36)37)20-23-11-7-5-8-12-23/h5-18,28H,3-4,19-22H2,1-2H3,(H,31,35)/t28-/m1/s1. The summed E-state index contributed by atoms with van der Waals surface area (Å²) in [6.07, 6.45) is 2.72. The van der Waals surface area contributed by atoms with Crippen LogP contribution in [0, 0.1) is 5.82 Å². The number of nitrogens with zero attached hydrogens (tertiary/aromatic N) is 2. The van der Waals surface area contributed by atoms with Crippen molar-refractivity contribution in [3.05, 3.63) is 107 Å². The van der Waals surface area contributed by atoms with Gasteiger partial charge in [-0.05, 0) is 35.2 Å². The molecule has 0 bridgehead atoms. The average Bonchev–Trinajstić information content (AvgIpc) is 2.90. The lowest BCUT2D eigenvalue weighted by Crippen LogP contribution is -2.47. The fourth-order valence-corrected chi connectivity index (χ4v) is 4.75. The summed E-state index contributed by atoms with van der Waals surface area (Å²) in [6, 6.07) is 22.5. The minimum atomic E-state index is -3.76. The molecule has 0 saturated heterocycles. The van der Waals surface area contributed by atoms with Gasteiger partial charge in [-0.25, -0.2) is 12.8 Å². The molecule has 0 saturated carbocycles. The molecule has 1 atom stereocenters. The van der Waals surface area contributed by atoms with Gasteiger partial charge in [-0.1, -0.05) is 86.1 Å². The highest BCUT2D eigenvalue weighted by molar-refractivity contribution is 7.88. The van der Waals surface area contributed by atoms with Crippen LogP contribution in [0.4, 0.5) is 4.39 Å². The Kier molecular flexibility index (Phi) is 10.6. The molecule has 3 rings (SSSR count). The second-order valence-electron chi connectivity index (χ2n) is 9.12. The number of amides is 2. The zero-order chi connectivity index (χ0) is 27.5. The topological polar surface area (TPSA) is 86.8 Å².